The fourth-order valence-corrected chi connectivity index (χ4v) is 6.67. The molecule has 0 amide bonds. The van der Waals surface area contributed by atoms with E-state index in [4.69, 9.17) is 5.11 Å². The van der Waals surface area contributed by atoms with Crippen molar-refractivity contribution in [3.8, 4) is 0 Å². The highest BCUT2D eigenvalue weighted by atomic mass is 32.2. The van der Waals surface area contributed by atoms with Crippen molar-refractivity contribution in [3.63, 3.8) is 0 Å². The van der Waals surface area contributed by atoms with Gasteiger partial charge >= 0.3 is 5.97 Å². The Morgan fingerprint density at radius 3 is 2.00 bits per heavy atom. The van der Waals surface area contributed by atoms with E-state index in [-0.39, 0.29) is 10.3 Å². The molecule has 4 saturated carbocycles. The summed E-state index contributed by atoms with van der Waals surface area (Å²) in [5.74, 6) is 1.34. The number of benzene rings is 1. The molecule has 0 heterocycles. The summed E-state index contributed by atoms with van der Waals surface area (Å²) in [6.45, 7) is -0.598. The molecule has 5 nitrogen and oxygen atoms in total. The first-order valence-electron chi connectivity index (χ1n) is 8.68. The monoisotopic (exact) mass is 349 g/mol. The van der Waals surface area contributed by atoms with E-state index in [0.717, 1.165) is 17.8 Å². The van der Waals surface area contributed by atoms with Crippen molar-refractivity contribution >= 4 is 16.0 Å². The van der Waals surface area contributed by atoms with Crippen molar-refractivity contribution in [1.82, 2.24) is 4.72 Å². The highest BCUT2D eigenvalue weighted by molar-refractivity contribution is 7.89. The van der Waals surface area contributed by atoms with Crippen LogP contribution >= 0.6 is 0 Å². The van der Waals surface area contributed by atoms with Gasteiger partial charge in [0.1, 0.15) is 6.54 Å². The van der Waals surface area contributed by atoms with Crippen molar-refractivity contribution in [2.75, 3.05) is 6.54 Å². The van der Waals surface area contributed by atoms with Gasteiger partial charge in [0.2, 0.25) is 10.0 Å². The molecule has 4 aliphatic rings. The van der Waals surface area contributed by atoms with E-state index in [2.05, 4.69) is 4.72 Å². The second kappa shape index (κ2) is 5.56. The van der Waals surface area contributed by atoms with Crippen LogP contribution < -0.4 is 4.72 Å². The Kier molecular flexibility index (Phi) is 3.73. The molecule has 4 bridgehead atoms. The fourth-order valence-electron chi connectivity index (χ4n) is 5.69. The first-order valence-corrected chi connectivity index (χ1v) is 10.2. The summed E-state index contributed by atoms with van der Waals surface area (Å²) in [4.78, 5) is 10.7. The molecule has 0 atom stereocenters. The minimum Gasteiger partial charge on any atom is -0.480 e. The molecule has 6 heteroatoms. The number of nitrogens with one attached hydrogen (secondary N) is 1. The van der Waals surface area contributed by atoms with Gasteiger partial charge in [-0.25, -0.2) is 8.42 Å². The molecule has 0 aromatic heterocycles. The molecule has 0 unspecified atom stereocenters. The van der Waals surface area contributed by atoms with Crippen LogP contribution in [0, 0.1) is 17.8 Å². The van der Waals surface area contributed by atoms with Gasteiger partial charge in [-0.1, -0.05) is 12.1 Å². The lowest BCUT2D eigenvalue weighted by Gasteiger charge is -2.57. The van der Waals surface area contributed by atoms with Gasteiger partial charge in [-0.15, -0.1) is 0 Å². The molecule has 1 aromatic carbocycles. The molecule has 0 spiro atoms. The number of carboxylic acid groups (broad SMARTS) is 1. The van der Waals surface area contributed by atoms with Crippen molar-refractivity contribution in [3.05, 3.63) is 29.8 Å². The van der Waals surface area contributed by atoms with E-state index in [1.807, 2.05) is 12.1 Å². The van der Waals surface area contributed by atoms with Crippen LogP contribution in [0.25, 0.3) is 0 Å². The molecule has 1 aromatic rings. The van der Waals surface area contributed by atoms with Gasteiger partial charge in [-0.05, 0) is 79.4 Å². The average molecular weight is 349 g/mol. The number of hydrogen-bond donors (Lipinski definition) is 2. The predicted octanol–water partition coefficient (Wildman–Crippen LogP) is 2.52. The summed E-state index contributed by atoms with van der Waals surface area (Å²) in [6, 6.07) is 7.14. The molecule has 0 saturated heterocycles. The lowest BCUT2D eigenvalue weighted by molar-refractivity contribution is -0.135. The number of carbonyl (C=O) groups is 1. The Morgan fingerprint density at radius 2 is 1.54 bits per heavy atom. The Hall–Kier alpha value is -1.40. The van der Waals surface area contributed by atoms with E-state index < -0.39 is 22.5 Å². The molecule has 5 rings (SSSR count). The summed E-state index contributed by atoms with van der Waals surface area (Å²) in [6.07, 6.45) is 7.85. The second-order valence-electron chi connectivity index (χ2n) is 7.94. The molecule has 4 aliphatic carbocycles. The van der Waals surface area contributed by atoms with Crippen LogP contribution in [0.4, 0.5) is 0 Å². The lowest BCUT2D eigenvalue weighted by atomic mass is 9.48. The first-order chi connectivity index (χ1) is 11.4. The van der Waals surface area contributed by atoms with Crippen LogP contribution in [0.2, 0.25) is 0 Å². The van der Waals surface area contributed by atoms with Crippen LogP contribution in [-0.2, 0) is 20.2 Å². The maximum absolute atomic E-state index is 12.1. The third-order valence-electron chi connectivity index (χ3n) is 6.23. The van der Waals surface area contributed by atoms with Gasteiger partial charge in [0, 0.05) is 0 Å². The number of carboxylic acids is 1. The van der Waals surface area contributed by atoms with E-state index in [9.17, 15) is 13.2 Å². The molecule has 24 heavy (non-hydrogen) atoms. The van der Waals surface area contributed by atoms with E-state index in [0.29, 0.717) is 0 Å². The van der Waals surface area contributed by atoms with Crippen LogP contribution in [0.1, 0.15) is 44.1 Å². The number of rotatable bonds is 5. The van der Waals surface area contributed by atoms with E-state index in [1.165, 1.54) is 44.1 Å². The van der Waals surface area contributed by atoms with E-state index >= 15 is 0 Å². The Bertz CT molecular complexity index is 718. The zero-order valence-electron chi connectivity index (χ0n) is 13.6. The second-order valence-corrected chi connectivity index (χ2v) is 9.71. The van der Waals surface area contributed by atoms with Crippen LogP contribution in [-0.4, -0.2) is 26.0 Å². The van der Waals surface area contributed by atoms with Crippen LogP contribution in [0.5, 0.6) is 0 Å². The van der Waals surface area contributed by atoms with Crippen molar-refractivity contribution < 1.29 is 18.3 Å². The third kappa shape index (κ3) is 2.75. The smallest absolute Gasteiger partial charge is 0.318 e. The number of hydrogen-bond acceptors (Lipinski definition) is 3. The summed E-state index contributed by atoms with van der Waals surface area (Å²) in [5, 5.41) is 8.64. The Morgan fingerprint density at radius 1 is 1.04 bits per heavy atom. The standard InChI is InChI=1S/C18H23NO4S/c20-17(21)11-19-24(22,23)16-3-1-15(2-4-16)18-8-12-5-13(9-18)7-14(6-12)10-18/h1-4,12-14,19H,5-11H2,(H,20,21). The molecule has 4 fully saturated rings. The Balaban J connectivity index is 1.57. The third-order valence-corrected chi connectivity index (χ3v) is 7.65. The molecule has 0 aliphatic heterocycles. The van der Waals surface area contributed by atoms with Gasteiger partial charge in [-0.2, -0.15) is 4.72 Å². The summed E-state index contributed by atoms with van der Waals surface area (Å²) in [5.41, 5.74) is 1.50. The maximum atomic E-state index is 12.1. The SMILES string of the molecule is O=C(O)CNS(=O)(=O)c1ccc(C23CC4CC(CC(C4)C2)C3)cc1. The fraction of sp³-hybridized carbons (Fsp3) is 0.611. The van der Waals surface area contributed by atoms with Gasteiger partial charge in [-0.3, -0.25) is 4.79 Å². The minimum atomic E-state index is -3.76. The Labute approximate surface area is 142 Å². The topological polar surface area (TPSA) is 83.5 Å². The summed E-state index contributed by atoms with van der Waals surface area (Å²) in [7, 11) is -3.76. The van der Waals surface area contributed by atoms with Crippen molar-refractivity contribution in [2.24, 2.45) is 17.8 Å². The number of sulfonamides is 1. The maximum Gasteiger partial charge on any atom is 0.318 e. The van der Waals surface area contributed by atoms with Gasteiger partial charge in [0.15, 0.2) is 0 Å². The molecular formula is C18H23NO4S. The van der Waals surface area contributed by atoms with Gasteiger partial charge < -0.3 is 5.11 Å². The lowest BCUT2D eigenvalue weighted by Crippen LogP contribution is -2.48. The number of aliphatic carboxylic acids is 1. The largest absolute Gasteiger partial charge is 0.480 e. The molecule has 2 N–H and O–H groups in total. The zero-order chi connectivity index (χ0) is 16.9. The van der Waals surface area contributed by atoms with Crippen LogP contribution in [0.15, 0.2) is 29.2 Å². The zero-order valence-corrected chi connectivity index (χ0v) is 14.4. The van der Waals surface area contributed by atoms with Crippen LogP contribution in [0.3, 0.4) is 0 Å². The normalized spacial score (nSPS) is 34.4. The molecule has 130 valence electrons. The predicted molar refractivity (Wildman–Crippen MR) is 89.1 cm³/mol. The molecular weight excluding hydrogens is 326 g/mol. The summed E-state index contributed by atoms with van der Waals surface area (Å²) < 4.78 is 26.3. The highest BCUT2D eigenvalue weighted by Gasteiger charge is 2.51. The highest BCUT2D eigenvalue weighted by Crippen LogP contribution is 2.60. The van der Waals surface area contributed by atoms with Crippen molar-refractivity contribution in [2.45, 2.75) is 48.8 Å². The average Bonchev–Trinajstić information content (AvgIpc) is 2.52. The van der Waals surface area contributed by atoms with Gasteiger partial charge in [0.25, 0.3) is 0 Å². The van der Waals surface area contributed by atoms with E-state index in [1.54, 1.807) is 12.1 Å². The summed E-state index contributed by atoms with van der Waals surface area (Å²) >= 11 is 0. The molecule has 0 radical (unpaired) electrons. The first kappa shape index (κ1) is 16.1. The van der Waals surface area contributed by atoms with Gasteiger partial charge in [0.05, 0.1) is 4.90 Å². The minimum absolute atomic E-state index is 0.136. The van der Waals surface area contributed by atoms with Crippen molar-refractivity contribution in [1.29, 1.82) is 0 Å². The quantitative estimate of drug-likeness (QED) is 0.855.